The number of aromatic nitrogens is 3. The minimum absolute atomic E-state index is 0.0116. The summed E-state index contributed by atoms with van der Waals surface area (Å²) in [7, 11) is 1.07. The lowest BCUT2D eigenvalue weighted by molar-refractivity contribution is -0.127. The minimum Gasteiger partial charge on any atom is -0.341 e. The number of fused-ring (bicyclic) bond motifs is 2. The van der Waals surface area contributed by atoms with Crippen LogP contribution in [0.1, 0.15) is 12.8 Å². The van der Waals surface area contributed by atoms with Crippen LogP contribution in [0.25, 0.3) is 32.8 Å². The number of aryl methyl sites for hydroxylation is 1. The highest BCUT2D eigenvalue weighted by Gasteiger charge is 2.31. The van der Waals surface area contributed by atoms with Gasteiger partial charge in [0.1, 0.15) is 0 Å². The van der Waals surface area contributed by atoms with Crippen molar-refractivity contribution in [2.24, 2.45) is 7.05 Å². The molecule has 0 radical (unpaired) electrons. The first-order valence-corrected chi connectivity index (χ1v) is 12.9. The van der Waals surface area contributed by atoms with Crippen LogP contribution in [0.5, 0.6) is 0 Å². The van der Waals surface area contributed by atoms with Crippen molar-refractivity contribution in [2.45, 2.75) is 18.9 Å². The fourth-order valence-electron chi connectivity index (χ4n) is 4.49. The van der Waals surface area contributed by atoms with Crippen molar-refractivity contribution in [2.75, 3.05) is 25.4 Å². The van der Waals surface area contributed by atoms with Crippen LogP contribution in [-0.4, -0.2) is 65.0 Å². The van der Waals surface area contributed by atoms with Crippen LogP contribution in [0.3, 0.4) is 0 Å². The molecule has 2 aromatic heterocycles. The molecule has 0 saturated carbocycles. The molecule has 10 nitrogen and oxygen atoms in total. The van der Waals surface area contributed by atoms with E-state index in [0.717, 1.165) is 11.1 Å². The molecule has 5 rings (SSSR count). The Balaban J connectivity index is 1.49. The summed E-state index contributed by atoms with van der Waals surface area (Å²) in [6, 6.07) is 10.1. The molecule has 1 N–H and O–H groups in total. The van der Waals surface area contributed by atoms with Crippen LogP contribution in [0.4, 0.5) is 5.69 Å². The first-order chi connectivity index (χ1) is 17.1. The number of amides is 1. The number of likely N-dealkylation sites (tertiary alicyclic amines) is 1. The Bertz CT molecular complexity index is 1670. The third-order valence-corrected chi connectivity index (χ3v) is 8.14. The summed E-state index contributed by atoms with van der Waals surface area (Å²) in [5.74, 6) is 0.0116. The fourth-order valence-corrected chi connectivity index (χ4v) is 5.44. The van der Waals surface area contributed by atoms with Crippen molar-refractivity contribution in [3.63, 3.8) is 0 Å². The third kappa shape index (κ3) is 4.42. The normalized spacial score (nSPS) is 16.4. The first kappa shape index (κ1) is 23.9. The molecule has 0 spiro atoms. The van der Waals surface area contributed by atoms with Crippen LogP contribution in [0.2, 0.25) is 0 Å². The van der Waals surface area contributed by atoms with Gasteiger partial charge in [0.05, 0.1) is 17.4 Å². The van der Waals surface area contributed by atoms with Gasteiger partial charge in [0.2, 0.25) is 5.91 Å². The summed E-state index contributed by atoms with van der Waals surface area (Å²) < 4.78 is 31.4. The Labute approximate surface area is 208 Å². The maximum Gasteiger partial charge on any atom is 0.301 e. The quantitative estimate of drug-likeness (QED) is 0.429. The Morgan fingerprint density at radius 2 is 1.83 bits per heavy atom. The molecule has 1 fully saturated rings. The molecular formula is C25H26N6O4S. The predicted octanol–water partition coefficient (Wildman–Crippen LogP) is 2.36. The van der Waals surface area contributed by atoms with E-state index in [1.54, 1.807) is 65.4 Å². The molecule has 1 amide bonds. The Morgan fingerprint density at radius 1 is 1.06 bits per heavy atom. The van der Waals surface area contributed by atoms with E-state index < -0.39 is 10.2 Å². The second kappa shape index (κ2) is 8.99. The molecule has 2 aromatic carbocycles. The number of hydrogen-bond donors (Lipinski definition) is 1. The van der Waals surface area contributed by atoms with Gasteiger partial charge in [-0.15, -0.1) is 0 Å². The van der Waals surface area contributed by atoms with E-state index in [-0.39, 0.29) is 29.6 Å². The molecular weight excluding hydrogens is 480 g/mol. The molecule has 4 aromatic rings. The number of carbonyl (C=O) groups excluding carboxylic acids is 1. The van der Waals surface area contributed by atoms with Crippen LogP contribution in [-0.2, 0) is 22.1 Å². The van der Waals surface area contributed by atoms with Crippen molar-refractivity contribution in [1.82, 2.24) is 24.0 Å². The Hall–Kier alpha value is -3.83. The molecule has 36 heavy (non-hydrogen) atoms. The standard InChI is InChI=1S/C25H26N6O4S/c1-29-14-18(13-27-29)17-10-22-23(26-12-17)8-5-16-4-6-19(11-21(16)25(22)33)28-36(34,35)30(2)15-20-7-9-24(32)31(20)3/h4-6,8,10-14,20,28H,7,9,15H2,1-3H3. The van der Waals surface area contributed by atoms with Crippen LogP contribution >= 0.6 is 0 Å². The number of anilines is 1. The van der Waals surface area contributed by atoms with Gasteiger partial charge in [-0.05, 0) is 36.1 Å². The van der Waals surface area contributed by atoms with Crippen molar-refractivity contribution in [3.8, 4) is 11.1 Å². The average molecular weight is 507 g/mol. The smallest absolute Gasteiger partial charge is 0.301 e. The van der Waals surface area contributed by atoms with Crippen LogP contribution < -0.4 is 10.2 Å². The Kier molecular flexibility index (Phi) is 5.97. The van der Waals surface area contributed by atoms with Crippen molar-refractivity contribution >= 4 is 43.5 Å². The second-order valence-corrected chi connectivity index (χ2v) is 10.9. The van der Waals surface area contributed by atoms with Gasteiger partial charge in [-0.3, -0.25) is 24.0 Å². The Morgan fingerprint density at radius 3 is 2.53 bits per heavy atom. The molecule has 0 aliphatic carbocycles. The van der Waals surface area contributed by atoms with E-state index in [2.05, 4.69) is 14.8 Å². The lowest BCUT2D eigenvalue weighted by atomic mass is 10.1. The van der Waals surface area contributed by atoms with Crippen molar-refractivity contribution in [3.05, 3.63) is 65.2 Å². The van der Waals surface area contributed by atoms with Crippen LogP contribution in [0, 0.1) is 0 Å². The van der Waals surface area contributed by atoms with Gasteiger partial charge in [0, 0.05) is 74.4 Å². The largest absolute Gasteiger partial charge is 0.341 e. The van der Waals surface area contributed by atoms with Gasteiger partial charge in [0.25, 0.3) is 0 Å². The van der Waals surface area contributed by atoms with Crippen LogP contribution in [0.15, 0.2) is 59.8 Å². The summed E-state index contributed by atoms with van der Waals surface area (Å²) in [6.45, 7) is 0.181. The zero-order valence-electron chi connectivity index (χ0n) is 20.2. The highest BCUT2D eigenvalue weighted by Crippen LogP contribution is 2.24. The van der Waals surface area contributed by atoms with Gasteiger partial charge < -0.3 is 4.90 Å². The number of hydrogen-bond acceptors (Lipinski definition) is 6. The first-order valence-electron chi connectivity index (χ1n) is 11.5. The van der Waals surface area contributed by atoms with Gasteiger partial charge >= 0.3 is 10.2 Å². The SMILES string of the molecule is CN1C(=O)CCC1CN(C)S(=O)(=O)Nc1ccc2ccc3ncc(-c4cnn(C)c4)cc3c(=O)c2c1. The average Bonchev–Trinajstić information content (AvgIpc) is 3.39. The summed E-state index contributed by atoms with van der Waals surface area (Å²) in [5, 5.41) is 5.65. The molecule has 1 aliphatic rings. The summed E-state index contributed by atoms with van der Waals surface area (Å²) >= 11 is 0. The van der Waals surface area contributed by atoms with Crippen molar-refractivity contribution < 1.29 is 13.2 Å². The molecule has 1 atom stereocenters. The maximum atomic E-state index is 13.5. The lowest BCUT2D eigenvalue weighted by Gasteiger charge is -2.25. The zero-order valence-corrected chi connectivity index (χ0v) is 21.0. The zero-order chi connectivity index (χ0) is 25.6. The number of likely N-dealkylation sites (N-methyl/N-ethyl adjacent to an activating group) is 2. The molecule has 186 valence electrons. The van der Waals surface area contributed by atoms with E-state index >= 15 is 0 Å². The predicted molar refractivity (Wildman–Crippen MR) is 139 cm³/mol. The number of benzene rings is 1. The van der Waals surface area contributed by atoms with E-state index in [1.807, 2.05) is 13.2 Å². The van der Waals surface area contributed by atoms with Gasteiger partial charge in [-0.2, -0.15) is 17.8 Å². The second-order valence-electron chi connectivity index (χ2n) is 9.11. The third-order valence-electron chi connectivity index (χ3n) is 6.68. The van der Waals surface area contributed by atoms with E-state index in [4.69, 9.17) is 0 Å². The molecule has 11 heteroatoms. The monoisotopic (exact) mass is 506 g/mol. The summed E-state index contributed by atoms with van der Waals surface area (Å²) in [4.78, 5) is 31.4. The maximum absolute atomic E-state index is 13.5. The van der Waals surface area contributed by atoms with Gasteiger partial charge in [-0.25, -0.2) is 0 Å². The fraction of sp³-hybridized carbons (Fsp3) is 0.280. The molecule has 1 aliphatic heterocycles. The number of pyridine rings is 1. The number of nitrogens with one attached hydrogen (secondary N) is 1. The van der Waals surface area contributed by atoms with E-state index in [9.17, 15) is 18.0 Å². The van der Waals surface area contributed by atoms with Crippen molar-refractivity contribution in [1.29, 1.82) is 0 Å². The topological polar surface area (TPSA) is 118 Å². The summed E-state index contributed by atoms with van der Waals surface area (Å²) in [5.41, 5.74) is 2.18. The molecule has 3 heterocycles. The highest BCUT2D eigenvalue weighted by molar-refractivity contribution is 7.90. The molecule has 1 saturated heterocycles. The lowest BCUT2D eigenvalue weighted by Crippen LogP contribution is -2.42. The number of nitrogens with zero attached hydrogens (tertiary/aromatic N) is 5. The van der Waals surface area contributed by atoms with Gasteiger partial charge in [-0.1, -0.05) is 12.1 Å². The van der Waals surface area contributed by atoms with E-state index in [0.29, 0.717) is 34.5 Å². The number of carbonyl (C=O) groups is 1. The molecule has 1 unspecified atom stereocenters. The van der Waals surface area contributed by atoms with Gasteiger partial charge in [0.15, 0.2) is 5.43 Å². The molecule has 0 bridgehead atoms. The highest BCUT2D eigenvalue weighted by atomic mass is 32.2. The number of rotatable bonds is 6. The summed E-state index contributed by atoms with van der Waals surface area (Å²) in [6.07, 6.45) is 6.29. The minimum atomic E-state index is -3.90. The van der Waals surface area contributed by atoms with E-state index in [1.165, 1.54) is 11.4 Å².